The van der Waals surface area contributed by atoms with E-state index in [0.29, 0.717) is 19.8 Å². The lowest BCUT2D eigenvalue weighted by molar-refractivity contribution is 0.170. The molecule has 1 atom stereocenters. The molecule has 0 saturated heterocycles. The molecule has 18 heavy (non-hydrogen) atoms. The molecule has 1 aromatic rings. The molecular formula is C14H22N2O2. The highest BCUT2D eigenvalue weighted by Crippen LogP contribution is 2.37. The highest BCUT2D eigenvalue weighted by atomic mass is 16.6. The summed E-state index contributed by atoms with van der Waals surface area (Å²) in [4.78, 5) is 0. The summed E-state index contributed by atoms with van der Waals surface area (Å²) < 4.78 is 11.2. The van der Waals surface area contributed by atoms with E-state index >= 15 is 0 Å². The number of rotatable bonds is 4. The van der Waals surface area contributed by atoms with Crippen molar-refractivity contribution in [2.24, 2.45) is 11.1 Å². The minimum absolute atomic E-state index is 0.0154. The molecule has 4 heteroatoms. The fourth-order valence-corrected chi connectivity index (χ4v) is 2.37. The summed E-state index contributed by atoms with van der Waals surface area (Å²) in [6, 6.07) is 6.29. The van der Waals surface area contributed by atoms with Crippen molar-refractivity contribution in [1.29, 1.82) is 0 Å². The Morgan fingerprint density at radius 3 is 2.56 bits per heavy atom. The number of nitrogens with two attached hydrogens (primary N) is 1. The maximum atomic E-state index is 5.86. The number of hydrogen-bond donors (Lipinski definition) is 2. The van der Waals surface area contributed by atoms with E-state index in [1.54, 1.807) is 0 Å². The Morgan fingerprint density at radius 1 is 1.28 bits per heavy atom. The SMILES string of the molecule is CNC(c1ccc2c(c1)OCCO2)C(C)(C)CN. The lowest BCUT2D eigenvalue weighted by Gasteiger charge is -2.34. The fourth-order valence-electron chi connectivity index (χ4n) is 2.37. The van der Waals surface area contributed by atoms with E-state index in [2.05, 4.69) is 25.2 Å². The molecule has 1 unspecified atom stereocenters. The Morgan fingerprint density at radius 2 is 1.94 bits per heavy atom. The number of hydrogen-bond acceptors (Lipinski definition) is 4. The van der Waals surface area contributed by atoms with E-state index in [9.17, 15) is 0 Å². The molecule has 0 spiro atoms. The summed E-state index contributed by atoms with van der Waals surface area (Å²) in [6.07, 6.45) is 0. The summed E-state index contributed by atoms with van der Waals surface area (Å²) in [7, 11) is 1.96. The molecule has 0 aliphatic carbocycles. The summed E-state index contributed by atoms with van der Waals surface area (Å²) in [5.74, 6) is 1.65. The molecule has 0 amide bonds. The maximum absolute atomic E-state index is 5.86. The van der Waals surface area contributed by atoms with Crippen molar-refractivity contribution >= 4 is 0 Å². The van der Waals surface area contributed by atoms with E-state index in [1.165, 1.54) is 5.56 Å². The lowest BCUT2D eigenvalue weighted by atomic mass is 9.80. The second-order valence-corrected chi connectivity index (χ2v) is 5.32. The van der Waals surface area contributed by atoms with Gasteiger partial charge in [-0.25, -0.2) is 0 Å². The van der Waals surface area contributed by atoms with E-state index in [1.807, 2.05) is 19.2 Å². The molecule has 1 aliphatic rings. The number of benzene rings is 1. The minimum atomic E-state index is -0.0154. The smallest absolute Gasteiger partial charge is 0.161 e. The van der Waals surface area contributed by atoms with Crippen LogP contribution in [0.3, 0.4) is 0 Å². The molecule has 1 heterocycles. The van der Waals surface area contributed by atoms with Gasteiger partial charge in [-0.05, 0) is 36.7 Å². The zero-order chi connectivity index (χ0) is 13.2. The second kappa shape index (κ2) is 5.16. The van der Waals surface area contributed by atoms with Crippen LogP contribution >= 0.6 is 0 Å². The summed E-state index contributed by atoms with van der Waals surface area (Å²) in [5.41, 5.74) is 7.02. The van der Waals surface area contributed by atoms with Gasteiger partial charge in [0.1, 0.15) is 13.2 Å². The van der Waals surface area contributed by atoms with Gasteiger partial charge in [0.15, 0.2) is 11.5 Å². The van der Waals surface area contributed by atoms with Gasteiger partial charge >= 0.3 is 0 Å². The van der Waals surface area contributed by atoms with Crippen LogP contribution in [-0.4, -0.2) is 26.8 Å². The summed E-state index contributed by atoms with van der Waals surface area (Å²) in [5, 5.41) is 3.34. The molecule has 4 nitrogen and oxygen atoms in total. The molecule has 1 aliphatic heterocycles. The summed E-state index contributed by atoms with van der Waals surface area (Å²) >= 11 is 0. The zero-order valence-electron chi connectivity index (χ0n) is 11.3. The largest absolute Gasteiger partial charge is 0.486 e. The van der Waals surface area contributed by atoms with Crippen molar-refractivity contribution in [2.75, 3.05) is 26.8 Å². The van der Waals surface area contributed by atoms with Gasteiger partial charge < -0.3 is 20.5 Å². The zero-order valence-corrected chi connectivity index (χ0v) is 11.3. The first-order chi connectivity index (χ1) is 8.58. The summed E-state index contributed by atoms with van der Waals surface area (Å²) in [6.45, 7) is 6.17. The Labute approximate surface area is 108 Å². The van der Waals surface area contributed by atoms with Crippen molar-refractivity contribution in [3.63, 3.8) is 0 Å². The Kier molecular flexibility index (Phi) is 3.78. The van der Waals surface area contributed by atoms with Crippen LogP contribution in [0, 0.1) is 5.41 Å². The van der Waals surface area contributed by atoms with Crippen molar-refractivity contribution in [2.45, 2.75) is 19.9 Å². The molecule has 1 aromatic carbocycles. The molecule has 0 fully saturated rings. The van der Waals surface area contributed by atoms with Gasteiger partial charge in [0.2, 0.25) is 0 Å². The molecule has 0 radical (unpaired) electrons. The van der Waals surface area contributed by atoms with Crippen molar-refractivity contribution in [3.05, 3.63) is 23.8 Å². The number of nitrogens with one attached hydrogen (secondary N) is 1. The minimum Gasteiger partial charge on any atom is -0.486 e. The lowest BCUT2D eigenvalue weighted by Crippen LogP contribution is -2.37. The third-order valence-electron chi connectivity index (χ3n) is 3.50. The third kappa shape index (κ3) is 2.44. The highest BCUT2D eigenvalue weighted by molar-refractivity contribution is 5.45. The average Bonchev–Trinajstić information content (AvgIpc) is 2.39. The monoisotopic (exact) mass is 250 g/mol. The molecule has 100 valence electrons. The van der Waals surface area contributed by atoms with E-state index in [4.69, 9.17) is 15.2 Å². The Bertz CT molecular complexity index is 418. The number of ether oxygens (including phenoxy) is 2. The van der Waals surface area contributed by atoms with Crippen LogP contribution < -0.4 is 20.5 Å². The predicted octanol–water partition coefficient (Wildman–Crippen LogP) is 1.70. The van der Waals surface area contributed by atoms with Crippen LogP contribution in [0.4, 0.5) is 0 Å². The van der Waals surface area contributed by atoms with Crippen LogP contribution in [0.2, 0.25) is 0 Å². The van der Waals surface area contributed by atoms with Crippen LogP contribution in [-0.2, 0) is 0 Å². The molecule has 2 rings (SSSR count). The van der Waals surface area contributed by atoms with Crippen molar-refractivity contribution < 1.29 is 9.47 Å². The molecule has 0 bridgehead atoms. The van der Waals surface area contributed by atoms with Gasteiger partial charge in [-0.1, -0.05) is 19.9 Å². The normalized spacial score (nSPS) is 16.4. The first-order valence-corrected chi connectivity index (χ1v) is 6.35. The average molecular weight is 250 g/mol. The second-order valence-electron chi connectivity index (χ2n) is 5.32. The van der Waals surface area contributed by atoms with Crippen LogP contribution in [0.5, 0.6) is 11.5 Å². The Hall–Kier alpha value is -1.26. The molecule has 0 saturated carbocycles. The van der Waals surface area contributed by atoms with Crippen molar-refractivity contribution in [1.82, 2.24) is 5.32 Å². The van der Waals surface area contributed by atoms with E-state index in [0.717, 1.165) is 11.5 Å². The van der Waals surface area contributed by atoms with E-state index < -0.39 is 0 Å². The van der Waals surface area contributed by atoms with Gasteiger partial charge in [0.25, 0.3) is 0 Å². The third-order valence-corrected chi connectivity index (χ3v) is 3.50. The first kappa shape index (κ1) is 13.2. The van der Waals surface area contributed by atoms with Crippen LogP contribution in [0.15, 0.2) is 18.2 Å². The van der Waals surface area contributed by atoms with Crippen LogP contribution in [0.25, 0.3) is 0 Å². The van der Waals surface area contributed by atoms with Gasteiger partial charge in [-0.3, -0.25) is 0 Å². The molecule has 0 aromatic heterocycles. The number of fused-ring (bicyclic) bond motifs is 1. The van der Waals surface area contributed by atoms with Crippen LogP contribution in [0.1, 0.15) is 25.5 Å². The first-order valence-electron chi connectivity index (χ1n) is 6.35. The van der Waals surface area contributed by atoms with Crippen molar-refractivity contribution in [3.8, 4) is 11.5 Å². The van der Waals surface area contributed by atoms with Gasteiger partial charge in [0.05, 0.1) is 0 Å². The fraction of sp³-hybridized carbons (Fsp3) is 0.571. The van der Waals surface area contributed by atoms with Gasteiger partial charge in [-0.2, -0.15) is 0 Å². The molecule has 3 N–H and O–H groups in total. The standard InChI is InChI=1S/C14H22N2O2/c1-14(2,9-15)13(16-3)10-4-5-11-12(8-10)18-7-6-17-11/h4-5,8,13,16H,6-7,9,15H2,1-3H3. The van der Waals surface area contributed by atoms with Gasteiger partial charge in [-0.15, -0.1) is 0 Å². The quantitative estimate of drug-likeness (QED) is 0.854. The van der Waals surface area contributed by atoms with E-state index in [-0.39, 0.29) is 11.5 Å². The maximum Gasteiger partial charge on any atom is 0.161 e. The molecular weight excluding hydrogens is 228 g/mol. The highest BCUT2D eigenvalue weighted by Gasteiger charge is 2.29. The topological polar surface area (TPSA) is 56.5 Å². The predicted molar refractivity (Wildman–Crippen MR) is 72.1 cm³/mol. The van der Waals surface area contributed by atoms with Gasteiger partial charge in [0, 0.05) is 6.04 Å². The Balaban J connectivity index is 2.32.